The monoisotopic (exact) mass is 379 g/mol. The van der Waals surface area contributed by atoms with Crippen LogP contribution >= 0.6 is 11.3 Å². The lowest BCUT2D eigenvalue weighted by Gasteiger charge is -2.16. The van der Waals surface area contributed by atoms with Crippen molar-refractivity contribution in [3.05, 3.63) is 48.7 Å². The summed E-state index contributed by atoms with van der Waals surface area (Å²) in [6.07, 6.45) is 1.70. The molecule has 1 aromatic carbocycles. The molecule has 0 aliphatic carbocycles. The molecule has 0 bridgehead atoms. The van der Waals surface area contributed by atoms with Gasteiger partial charge in [0, 0.05) is 25.7 Å². The van der Waals surface area contributed by atoms with E-state index in [1.54, 1.807) is 6.92 Å². The molecule has 0 radical (unpaired) electrons. The summed E-state index contributed by atoms with van der Waals surface area (Å²) in [5, 5.41) is 3.31. The number of thiazole rings is 1. The molecule has 0 spiro atoms. The number of nitrogens with zero attached hydrogens (tertiary/aromatic N) is 2. The highest BCUT2D eigenvalue weighted by Gasteiger charge is 2.26. The van der Waals surface area contributed by atoms with Gasteiger partial charge in [0.1, 0.15) is 5.01 Å². The van der Waals surface area contributed by atoms with Crippen LogP contribution in [0.5, 0.6) is 0 Å². The quantitative estimate of drug-likeness (QED) is 0.564. The molecule has 1 aromatic heterocycles. The van der Waals surface area contributed by atoms with Gasteiger partial charge in [-0.05, 0) is 19.4 Å². The molecule has 0 saturated heterocycles. The minimum Gasteiger partial charge on any atom is -0.353 e. The van der Waals surface area contributed by atoms with Crippen LogP contribution in [0, 0.1) is 6.92 Å². The zero-order valence-electron chi connectivity index (χ0n) is 14.2. The molecule has 1 heterocycles. The molecule has 0 unspecified atom stereocenters. The first kappa shape index (κ1) is 19.3. The second-order valence-electron chi connectivity index (χ2n) is 5.43. The summed E-state index contributed by atoms with van der Waals surface area (Å²) in [5.41, 5.74) is 1.39. The Hall–Kier alpha value is -2.03. The molecule has 1 N–H and O–H groups in total. The van der Waals surface area contributed by atoms with Crippen molar-refractivity contribution in [2.24, 2.45) is 0 Å². The Bertz CT molecular complexity index is 845. The van der Waals surface area contributed by atoms with Gasteiger partial charge in [0.15, 0.2) is 4.21 Å². The molecule has 6 nitrogen and oxygen atoms in total. The van der Waals surface area contributed by atoms with E-state index in [1.807, 2.05) is 30.3 Å². The second-order valence-corrected chi connectivity index (χ2v) is 8.67. The van der Waals surface area contributed by atoms with Crippen LogP contribution in [0.25, 0.3) is 10.6 Å². The molecule has 25 heavy (non-hydrogen) atoms. The van der Waals surface area contributed by atoms with Crippen molar-refractivity contribution in [3.63, 3.8) is 0 Å². The van der Waals surface area contributed by atoms with Gasteiger partial charge in [0.05, 0.1) is 5.69 Å². The molecule has 2 aromatic rings. The van der Waals surface area contributed by atoms with Crippen LogP contribution in [-0.2, 0) is 14.8 Å². The van der Waals surface area contributed by atoms with Crippen molar-refractivity contribution in [1.29, 1.82) is 0 Å². The summed E-state index contributed by atoms with van der Waals surface area (Å²) in [6, 6.07) is 9.50. The molecule has 0 saturated carbocycles. The van der Waals surface area contributed by atoms with Crippen molar-refractivity contribution in [2.45, 2.75) is 17.6 Å². The Morgan fingerprint density at radius 3 is 2.68 bits per heavy atom. The Balaban J connectivity index is 2.10. The molecule has 0 aliphatic rings. The highest BCUT2D eigenvalue weighted by molar-refractivity contribution is 7.91. The molecule has 0 atom stereocenters. The van der Waals surface area contributed by atoms with Gasteiger partial charge in [-0.3, -0.25) is 4.79 Å². The third-order valence-electron chi connectivity index (χ3n) is 3.55. The summed E-state index contributed by atoms with van der Waals surface area (Å²) in [4.78, 5) is 15.5. The first-order valence-electron chi connectivity index (χ1n) is 7.75. The Morgan fingerprint density at radius 2 is 2.04 bits per heavy atom. The Labute approximate surface area is 152 Å². The van der Waals surface area contributed by atoms with Crippen LogP contribution in [0.2, 0.25) is 0 Å². The largest absolute Gasteiger partial charge is 0.353 e. The lowest BCUT2D eigenvalue weighted by Crippen LogP contribution is -2.31. The lowest BCUT2D eigenvalue weighted by molar-refractivity contribution is -0.116. The standard InChI is InChI=1S/C17H21N3O3S2/c1-4-15(21)18-11-8-12-20(3)25(22,23)17-13(2)19-16(24-17)14-9-6-5-7-10-14/h4-7,9-10H,1,8,11-12H2,2-3H3,(H,18,21). The van der Waals surface area contributed by atoms with E-state index in [4.69, 9.17) is 0 Å². The minimum absolute atomic E-state index is 0.254. The summed E-state index contributed by atoms with van der Waals surface area (Å²) >= 11 is 1.17. The number of hydrogen-bond donors (Lipinski definition) is 1. The van der Waals surface area contributed by atoms with Crippen molar-refractivity contribution in [2.75, 3.05) is 20.1 Å². The van der Waals surface area contributed by atoms with Gasteiger partial charge in [-0.25, -0.2) is 17.7 Å². The van der Waals surface area contributed by atoms with E-state index in [1.165, 1.54) is 28.8 Å². The maximum atomic E-state index is 12.8. The molecule has 8 heteroatoms. The highest BCUT2D eigenvalue weighted by atomic mass is 32.2. The SMILES string of the molecule is C=CC(=O)NCCCN(C)S(=O)(=O)c1sc(-c2ccccc2)nc1C. The summed E-state index contributed by atoms with van der Waals surface area (Å²) in [5.74, 6) is -0.267. The normalized spacial score (nSPS) is 11.5. The zero-order valence-corrected chi connectivity index (χ0v) is 15.9. The molecule has 2 rings (SSSR count). The van der Waals surface area contributed by atoms with E-state index >= 15 is 0 Å². The number of amides is 1. The van der Waals surface area contributed by atoms with Crippen LogP contribution in [0.15, 0.2) is 47.2 Å². The third kappa shape index (κ3) is 4.75. The van der Waals surface area contributed by atoms with Crippen molar-refractivity contribution in [3.8, 4) is 10.6 Å². The van der Waals surface area contributed by atoms with E-state index in [0.717, 1.165) is 5.56 Å². The lowest BCUT2D eigenvalue weighted by atomic mass is 10.2. The van der Waals surface area contributed by atoms with Crippen LogP contribution in [0.3, 0.4) is 0 Å². The number of carbonyl (C=O) groups excluding carboxylic acids is 1. The molecule has 0 fully saturated rings. The third-order valence-corrected chi connectivity index (χ3v) is 7.20. The van der Waals surface area contributed by atoms with Crippen LogP contribution < -0.4 is 5.32 Å². The van der Waals surface area contributed by atoms with Gasteiger partial charge in [-0.15, -0.1) is 11.3 Å². The second kappa shape index (κ2) is 8.37. The Kier molecular flexibility index (Phi) is 6.46. The minimum atomic E-state index is -3.61. The molecular formula is C17H21N3O3S2. The van der Waals surface area contributed by atoms with E-state index in [9.17, 15) is 13.2 Å². The summed E-state index contributed by atoms with van der Waals surface area (Å²) in [7, 11) is -2.07. The number of rotatable bonds is 8. The first-order valence-corrected chi connectivity index (χ1v) is 10.0. The summed E-state index contributed by atoms with van der Waals surface area (Å²) < 4.78 is 27.1. The van der Waals surface area contributed by atoms with Crippen LogP contribution in [-0.4, -0.2) is 43.8 Å². The van der Waals surface area contributed by atoms with E-state index in [2.05, 4.69) is 16.9 Å². The number of nitrogens with one attached hydrogen (secondary N) is 1. The van der Waals surface area contributed by atoms with Crippen molar-refractivity contribution >= 4 is 27.3 Å². The fourth-order valence-corrected chi connectivity index (χ4v) is 5.09. The predicted molar refractivity (Wildman–Crippen MR) is 99.9 cm³/mol. The maximum Gasteiger partial charge on any atom is 0.254 e. The van der Waals surface area contributed by atoms with E-state index in [-0.39, 0.29) is 10.1 Å². The highest BCUT2D eigenvalue weighted by Crippen LogP contribution is 2.32. The molecule has 0 aliphatic heterocycles. The number of sulfonamides is 1. The van der Waals surface area contributed by atoms with E-state index in [0.29, 0.717) is 30.2 Å². The predicted octanol–water partition coefficient (Wildman–Crippen LogP) is 2.43. The summed E-state index contributed by atoms with van der Waals surface area (Å²) in [6.45, 7) is 5.76. The number of hydrogen-bond acceptors (Lipinski definition) is 5. The van der Waals surface area contributed by atoms with Crippen LogP contribution in [0.1, 0.15) is 12.1 Å². The van der Waals surface area contributed by atoms with Crippen molar-refractivity contribution in [1.82, 2.24) is 14.6 Å². The average Bonchev–Trinajstić information content (AvgIpc) is 3.01. The maximum absolute atomic E-state index is 12.8. The fourth-order valence-electron chi connectivity index (χ4n) is 2.17. The van der Waals surface area contributed by atoms with Gasteiger partial charge in [0.25, 0.3) is 10.0 Å². The fraction of sp³-hybridized carbons (Fsp3) is 0.294. The molecule has 1 amide bonds. The van der Waals surface area contributed by atoms with Gasteiger partial charge in [0.2, 0.25) is 5.91 Å². The van der Waals surface area contributed by atoms with Gasteiger partial charge >= 0.3 is 0 Å². The van der Waals surface area contributed by atoms with Gasteiger partial charge < -0.3 is 5.32 Å². The van der Waals surface area contributed by atoms with E-state index < -0.39 is 10.0 Å². The Morgan fingerprint density at radius 1 is 1.36 bits per heavy atom. The van der Waals surface area contributed by atoms with Crippen LogP contribution in [0.4, 0.5) is 0 Å². The average molecular weight is 380 g/mol. The smallest absolute Gasteiger partial charge is 0.254 e. The number of benzene rings is 1. The van der Waals surface area contributed by atoms with Crippen molar-refractivity contribution < 1.29 is 13.2 Å². The number of aromatic nitrogens is 1. The number of carbonyl (C=O) groups is 1. The van der Waals surface area contributed by atoms with Gasteiger partial charge in [-0.1, -0.05) is 36.9 Å². The first-order chi connectivity index (χ1) is 11.9. The topological polar surface area (TPSA) is 79.4 Å². The number of aryl methyl sites for hydroxylation is 1. The van der Waals surface area contributed by atoms with Gasteiger partial charge in [-0.2, -0.15) is 0 Å². The zero-order chi connectivity index (χ0) is 18.4. The molecule has 134 valence electrons. The molecular weight excluding hydrogens is 358 g/mol.